The molecular weight excluding hydrogens is 326 g/mol. The van der Waals surface area contributed by atoms with Crippen molar-refractivity contribution in [3.8, 4) is 11.4 Å². The normalized spacial score (nSPS) is 11.5. The smallest absolute Gasteiger partial charge is 0.152 e. The summed E-state index contributed by atoms with van der Waals surface area (Å²) < 4.78 is 1.98. The Bertz CT molecular complexity index is 855. The SMILES string of the molecule is NN/N=C(\N)c1ccnc(-c2cn(Cc3ccc(Cl)cc3)cn2)c1. The zero-order chi connectivity index (χ0) is 16.9. The lowest BCUT2D eigenvalue weighted by molar-refractivity contribution is 0.797. The van der Waals surface area contributed by atoms with Gasteiger partial charge in [-0.2, -0.15) is 0 Å². The number of rotatable bonds is 5. The molecule has 0 saturated carbocycles. The van der Waals surface area contributed by atoms with Crippen LogP contribution in [0.5, 0.6) is 0 Å². The number of nitrogens with two attached hydrogens (primary N) is 2. The van der Waals surface area contributed by atoms with Crippen molar-refractivity contribution in [1.29, 1.82) is 0 Å². The molecule has 3 aromatic rings. The number of hydrazone groups is 1. The predicted octanol–water partition coefficient (Wildman–Crippen LogP) is 1.73. The van der Waals surface area contributed by atoms with E-state index in [9.17, 15) is 0 Å². The van der Waals surface area contributed by atoms with E-state index in [0.717, 1.165) is 16.3 Å². The molecule has 122 valence electrons. The van der Waals surface area contributed by atoms with Crippen LogP contribution in [0, 0.1) is 0 Å². The Morgan fingerprint density at radius 1 is 1.17 bits per heavy atom. The largest absolute Gasteiger partial charge is 0.382 e. The van der Waals surface area contributed by atoms with E-state index in [1.54, 1.807) is 18.6 Å². The molecule has 0 aliphatic carbocycles. The highest BCUT2D eigenvalue weighted by molar-refractivity contribution is 6.30. The molecule has 0 aliphatic rings. The van der Waals surface area contributed by atoms with E-state index >= 15 is 0 Å². The molecule has 24 heavy (non-hydrogen) atoms. The van der Waals surface area contributed by atoms with Crippen molar-refractivity contribution in [2.75, 3.05) is 0 Å². The number of hydrogen-bond donors (Lipinski definition) is 3. The molecule has 0 fully saturated rings. The number of nitrogens with one attached hydrogen (secondary N) is 1. The van der Waals surface area contributed by atoms with E-state index in [-0.39, 0.29) is 5.84 Å². The Morgan fingerprint density at radius 2 is 1.96 bits per heavy atom. The van der Waals surface area contributed by atoms with Gasteiger partial charge in [0.25, 0.3) is 0 Å². The third-order valence-electron chi connectivity index (χ3n) is 3.41. The third kappa shape index (κ3) is 3.70. The van der Waals surface area contributed by atoms with Gasteiger partial charge in [0, 0.05) is 29.5 Å². The number of imidazole rings is 1. The number of hydrogen-bond acceptors (Lipinski definition) is 5. The Hall–Kier alpha value is -2.90. The first kappa shape index (κ1) is 16.0. The maximum atomic E-state index is 5.90. The van der Waals surface area contributed by atoms with Crippen LogP contribution >= 0.6 is 11.6 Å². The highest BCUT2D eigenvalue weighted by atomic mass is 35.5. The standard InChI is InChI=1S/C16H16ClN7/c17-13-3-1-11(2-4-13)8-24-9-15(21-10-24)14-7-12(5-6-20-14)16(18)22-23-19/h1-7,9-10,23H,8,19H2,(H2,18,22). The van der Waals surface area contributed by atoms with Gasteiger partial charge >= 0.3 is 0 Å². The monoisotopic (exact) mass is 341 g/mol. The Morgan fingerprint density at radius 3 is 2.71 bits per heavy atom. The summed E-state index contributed by atoms with van der Waals surface area (Å²) in [6.45, 7) is 0.699. The van der Waals surface area contributed by atoms with Crippen LogP contribution in [-0.4, -0.2) is 20.4 Å². The van der Waals surface area contributed by atoms with Crippen LogP contribution in [0.4, 0.5) is 0 Å². The van der Waals surface area contributed by atoms with E-state index < -0.39 is 0 Å². The van der Waals surface area contributed by atoms with Crippen molar-refractivity contribution in [3.63, 3.8) is 0 Å². The van der Waals surface area contributed by atoms with Crippen molar-refractivity contribution in [3.05, 3.63) is 71.3 Å². The van der Waals surface area contributed by atoms with Gasteiger partial charge < -0.3 is 10.3 Å². The third-order valence-corrected chi connectivity index (χ3v) is 3.67. The minimum atomic E-state index is 0.279. The molecule has 3 rings (SSSR count). The lowest BCUT2D eigenvalue weighted by atomic mass is 10.2. The molecule has 0 aliphatic heterocycles. The molecule has 0 radical (unpaired) electrons. The molecule has 0 saturated heterocycles. The van der Waals surface area contributed by atoms with Gasteiger partial charge in [-0.1, -0.05) is 23.7 Å². The molecule has 2 heterocycles. The van der Waals surface area contributed by atoms with E-state index in [1.807, 2.05) is 41.1 Å². The molecule has 0 amide bonds. The summed E-state index contributed by atoms with van der Waals surface area (Å²) in [6, 6.07) is 11.3. The maximum Gasteiger partial charge on any atom is 0.152 e. The summed E-state index contributed by atoms with van der Waals surface area (Å²) >= 11 is 5.90. The first-order valence-electron chi connectivity index (χ1n) is 7.17. The fraction of sp³-hybridized carbons (Fsp3) is 0.0625. The van der Waals surface area contributed by atoms with Gasteiger partial charge in [-0.05, 0) is 29.8 Å². The lowest BCUT2D eigenvalue weighted by Crippen LogP contribution is -2.23. The Labute approximate surface area is 144 Å². The predicted molar refractivity (Wildman–Crippen MR) is 94.1 cm³/mol. The number of aromatic nitrogens is 3. The molecule has 0 bridgehead atoms. The second-order valence-corrected chi connectivity index (χ2v) is 5.55. The molecule has 2 aromatic heterocycles. The molecular formula is C16H16ClN7. The molecule has 1 aromatic carbocycles. The fourth-order valence-corrected chi connectivity index (χ4v) is 2.37. The van der Waals surface area contributed by atoms with Crippen LogP contribution in [0.2, 0.25) is 5.02 Å². The van der Waals surface area contributed by atoms with Crippen LogP contribution in [0.1, 0.15) is 11.1 Å². The maximum absolute atomic E-state index is 5.90. The van der Waals surface area contributed by atoms with Gasteiger partial charge in [0.2, 0.25) is 0 Å². The van der Waals surface area contributed by atoms with Crippen LogP contribution < -0.4 is 17.1 Å². The number of pyridine rings is 1. The number of amidine groups is 1. The first-order valence-corrected chi connectivity index (χ1v) is 7.55. The van der Waals surface area contributed by atoms with Crippen molar-refractivity contribution >= 4 is 17.4 Å². The van der Waals surface area contributed by atoms with Crippen LogP contribution in [-0.2, 0) is 6.54 Å². The van der Waals surface area contributed by atoms with E-state index in [2.05, 4.69) is 20.6 Å². The average Bonchev–Trinajstić information content (AvgIpc) is 3.06. The molecule has 0 atom stereocenters. The van der Waals surface area contributed by atoms with Gasteiger partial charge in [-0.3, -0.25) is 4.98 Å². The van der Waals surface area contributed by atoms with Crippen molar-refractivity contribution < 1.29 is 0 Å². The zero-order valence-electron chi connectivity index (χ0n) is 12.7. The minimum Gasteiger partial charge on any atom is -0.382 e. The van der Waals surface area contributed by atoms with Gasteiger partial charge in [0.1, 0.15) is 5.69 Å². The zero-order valence-corrected chi connectivity index (χ0v) is 13.5. The molecule has 5 N–H and O–H groups in total. The van der Waals surface area contributed by atoms with E-state index in [1.165, 1.54) is 0 Å². The van der Waals surface area contributed by atoms with Crippen molar-refractivity contribution in [1.82, 2.24) is 20.1 Å². The van der Waals surface area contributed by atoms with Gasteiger partial charge in [-0.15, -0.1) is 5.10 Å². The molecule has 7 nitrogen and oxygen atoms in total. The highest BCUT2D eigenvalue weighted by Gasteiger charge is 2.07. The van der Waals surface area contributed by atoms with Crippen molar-refractivity contribution in [2.24, 2.45) is 16.7 Å². The van der Waals surface area contributed by atoms with Crippen molar-refractivity contribution in [2.45, 2.75) is 6.54 Å². The van der Waals surface area contributed by atoms with Gasteiger partial charge in [0.15, 0.2) is 5.84 Å². The Kier molecular flexibility index (Phi) is 4.74. The number of hydrazine groups is 1. The number of nitrogens with zero attached hydrogens (tertiary/aromatic N) is 4. The average molecular weight is 342 g/mol. The Balaban J connectivity index is 1.81. The highest BCUT2D eigenvalue weighted by Crippen LogP contribution is 2.17. The topological polar surface area (TPSA) is 107 Å². The summed E-state index contributed by atoms with van der Waals surface area (Å²) in [5.74, 6) is 5.42. The minimum absolute atomic E-state index is 0.279. The summed E-state index contributed by atoms with van der Waals surface area (Å²) in [4.78, 5) is 8.73. The molecule has 0 spiro atoms. The quantitative estimate of drug-likeness (QED) is 0.283. The second-order valence-electron chi connectivity index (χ2n) is 5.11. The van der Waals surface area contributed by atoms with E-state index in [0.29, 0.717) is 17.8 Å². The van der Waals surface area contributed by atoms with Crippen LogP contribution in [0.25, 0.3) is 11.4 Å². The summed E-state index contributed by atoms with van der Waals surface area (Å²) in [6.07, 6.45) is 5.34. The van der Waals surface area contributed by atoms with Gasteiger partial charge in [0.05, 0.1) is 12.0 Å². The molecule has 0 unspecified atom stereocenters. The van der Waals surface area contributed by atoms with Gasteiger partial charge in [-0.25, -0.2) is 16.4 Å². The van der Waals surface area contributed by atoms with Crippen LogP contribution in [0.15, 0.2) is 60.2 Å². The summed E-state index contributed by atoms with van der Waals surface area (Å²) in [5, 5.41) is 4.48. The summed E-state index contributed by atoms with van der Waals surface area (Å²) in [5.41, 5.74) is 11.3. The first-order chi connectivity index (χ1) is 11.7. The van der Waals surface area contributed by atoms with Crippen LogP contribution in [0.3, 0.4) is 0 Å². The number of halogens is 1. The lowest BCUT2D eigenvalue weighted by Gasteiger charge is -2.03. The van der Waals surface area contributed by atoms with E-state index in [4.69, 9.17) is 23.2 Å². The second kappa shape index (κ2) is 7.12. The molecule has 8 heteroatoms. The number of benzene rings is 1. The summed E-state index contributed by atoms with van der Waals surface area (Å²) in [7, 11) is 0. The fourth-order valence-electron chi connectivity index (χ4n) is 2.24.